The zero-order chi connectivity index (χ0) is 16.0. The fraction of sp³-hybridized carbons (Fsp3) is 0.529. The van der Waals surface area contributed by atoms with Crippen molar-refractivity contribution in [2.24, 2.45) is 0 Å². The van der Waals surface area contributed by atoms with Crippen molar-refractivity contribution in [1.82, 2.24) is 9.80 Å². The lowest BCUT2D eigenvalue weighted by Gasteiger charge is -2.43. The maximum Gasteiger partial charge on any atom is 0.153 e. The second-order valence-electron chi connectivity index (χ2n) is 6.56. The topological polar surface area (TPSA) is 40.6 Å². The number of fused-ring (bicyclic) bond motifs is 2. The maximum absolute atomic E-state index is 12.1. The first-order valence-corrected chi connectivity index (χ1v) is 10.9. The lowest BCUT2D eigenvalue weighted by Crippen LogP contribution is -2.58. The number of likely N-dealkylation sites (N-methyl/N-ethyl adjacent to an activating group) is 1. The molecule has 0 bridgehead atoms. The Morgan fingerprint density at radius 1 is 1.13 bits per heavy atom. The highest BCUT2D eigenvalue weighted by molar-refractivity contribution is 7.91. The number of nitrogens with zero attached hydrogens (tertiary/aromatic N) is 2. The zero-order valence-corrected chi connectivity index (χ0v) is 14.9. The Bertz CT molecular complexity index is 782. The predicted molar refractivity (Wildman–Crippen MR) is 95.7 cm³/mol. The van der Waals surface area contributed by atoms with Gasteiger partial charge in [-0.2, -0.15) is 0 Å². The molecule has 0 amide bonds. The first-order valence-electron chi connectivity index (χ1n) is 8.22. The molecule has 2 aromatic rings. The molecule has 124 valence electrons. The maximum atomic E-state index is 12.1. The molecule has 1 aromatic carbocycles. The van der Waals surface area contributed by atoms with Crippen molar-refractivity contribution in [3.05, 3.63) is 35.2 Å². The lowest BCUT2D eigenvalue weighted by atomic mass is 10.0. The highest BCUT2D eigenvalue weighted by Crippen LogP contribution is 2.31. The van der Waals surface area contributed by atoms with Crippen molar-refractivity contribution in [2.45, 2.75) is 25.6 Å². The molecule has 23 heavy (non-hydrogen) atoms. The van der Waals surface area contributed by atoms with Crippen molar-refractivity contribution in [3.63, 3.8) is 0 Å². The summed E-state index contributed by atoms with van der Waals surface area (Å²) in [5.74, 6) is 0.646. The molecule has 2 atom stereocenters. The third-order valence-electron chi connectivity index (χ3n) is 5.15. The summed E-state index contributed by atoms with van der Waals surface area (Å²) >= 11 is 1.83. The van der Waals surface area contributed by atoms with E-state index in [1.54, 1.807) is 0 Å². The van der Waals surface area contributed by atoms with Crippen LogP contribution in [0.4, 0.5) is 0 Å². The van der Waals surface area contributed by atoms with E-state index in [0.717, 1.165) is 26.2 Å². The molecular weight excluding hydrogens is 328 g/mol. The van der Waals surface area contributed by atoms with E-state index in [4.69, 9.17) is 0 Å². The van der Waals surface area contributed by atoms with Crippen LogP contribution in [0.3, 0.4) is 0 Å². The van der Waals surface area contributed by atoms with Crippen LogP contribution in [-0.4, -0.2) is 61.4 Å². The summed E-state index contributed by atoms with van der Waals surface area (Å²) < 4.78 is 25.6. The molecule has 2 aliphatic rings. The molecule has 0 saturated carbocycles. The molecule has 0 unspecified atom stereocenters. The van der Waals surface area contributed by atoms with Crippen molar-refractivity contribution < 1.29 is 8.42 Å². The van der Waals surface area contributed by atoms with Crippen molar-refractivity contribution >= 4 is 31.3 Å². The number of thiophene rings is 1. The molecule has 0 spiro atoms. The summed E-state index contributed by atoms with van der Waals surface area (Å²) in [6, 6.07) is 11.0. The van der Waals surface area contributed by atoms with Crippen molar-refractivity contribution in [3.8, 4) is 0 Å². The number of hydrogen-bond acceptors (Lipinski definition) is 5. The molecular formula is C17H22N2O2S2. The van der Waals surface area contributed by atoms with E-state index >= 15 is 0 Å². The Morgan fingerprint density at radius 3 is 2.57 bits per heavy atom. The zero-order valence-electron chi connectivity index (χ0n) is 13.3. The first-order chi connectivity index (χ1) is 11.1. The van der Waals surface area contributed by atoms with Crippen LogP contribution in [0, 0.1) is 0 Å². The van der Waals surface area contributed by atoms with Gasteiger partial charge in [0.1, 0.15) is 0 Å². The minimum Gasteiger partial charge on any atom is -0.297 e. The number of rotatable bonds is 3. The molecule has 0 radical (unpaired) electrons. The molecule has 6 heteroatoms. The second kappa shape index (κ2) is 5.84. The van der Waals surface area contributed by atoms with Gasteiger partial charge in [0.25, 0.3) is 0 Å². The molecule has 2 saturated heterocycles. The van der Waals surface area contributed by atoms with Crippen LogP contribution in [0.2, 0.25) is 0 Å². The van der Waals surface area contributed by atoms with Gasteiger partial charge in [0.05, 0.1) is 11.5 Å². The molecule has 0 aliphatic carbocycles. The minimum atomic E-state index is -2.90. The number of hydrogen-bond donors (Lipinski definition) is 0. The molecule has 2 aliphatic heterocycles. The fourth-order valence-corrected chi connectivity index (χ4v) is 7.13. The third kappa shape index (κ3) is 2.93. The van der Waals surface area contributed by atoms with E-state index in [1.807, 2.05) is 11.3 Å². The number of piperazine rings is 1. The van der Waals surface area contributed by atoms with E-state index in [2.05, 4.69) is 47.1 Å². The Morgan fingerprint density at radius 2 is 1.83 bits per heavy atom. The van der Waals surface area contributed by atoms with E-state index in [1.165, 1.54) is 15.0 Å². The summed E-state index contributed by atoms with van der Waals surface area (Å²) in [5.41, 5.74) is 0. The summed E-state index contributed by atoms with van der Waals surface area (Å²) in [6.07, 6.45) is 0. The fourth-order valence-electron chi connectivity index (χ4n) is 4.00. The minimum absolute atomic E-state index is 0.152. The quantitative estimate of drug-likeness (QED) is 0.851. The summed E-state index contributed by atoms with van der Waals surface area (Å²) in [7, 11) is -2.90. The number of sulfone groups is 1. The van der Waals surface area contributed by atoms with Gasteiger partial charge in [0.15, 0.2) is 9.84 Å². The van der Waals surface area contributed by atoms with Crippen LogP contribution in [-0.2, 0) is 16.4 Å². The van der Waals surface area contributed by atoms with Gasteiger partial charge in [-0.25, -0.2) is 8.42 Å². The summed E-state index contributed by atoms with van der Waals surface area (Å²) in [4.78, 5) is 6.07. The largest absolute Gasteiger partial charge is 0.297 e. The van der Waals surface area contributed by atoms with E-state index in [9.17, 15) is 8.42 Å². The average Bonchev–Trinajstić information content (AvgIpc) is 3.06. The molecule has 1 aromatic heterocycles. The standard InChI is InChI=1S/C17H22N2O2S2/c1-2-18-7-8-19(16-12-23(20,21)11-15(16)18)10-14-9-13-5-3-4-6-17(13)22-14/h3-6,9,15-16H,2,7-8,10-12H2,1H3/t15-,16+/m0/s1. The van der Waals surface area contributed by atoms with Crippen LogP contribution >= 0.6 is 11.3 Å². The van der Waals surface area contributed by atoms with Gasteiger partial charge >= 0.3 is 0 Å². The van der Waals surface area contributed by atoms with E-state index in [-0.39, 0.29) is 12.1 Å². The Balaban J connectivity index is 1.59. The Hall–Kier alpha value is -0.950. The number of benzene rings is 1. The van der Waals surface area contributed by atoms with E-state index < -0.39 is 9.84 Å². The summed E-state index contributed by atoms with van der Waals surface area (Å²) in [6.45, 7) is 5.86. The van der Waals surface area contributed by atoms with Crippen LogP contribution in [0.1, 0.15) is 11.8 Å². The van der Waals surface area contributed by atoms with Gasteiger partial charge in [0.2, 0.25) is 0 Å². The van der Waals surface area contributed by atoms with E-state index in [0.29, 0.717) is 11.5 Å². The smallest absolute Gasteiger partial charge is 0.153 e. The molecule has 0 N–H and O–H groups in total. The second-order valence-corrected chi connectivity index (χ2v) is 9.88. The van der Waals surface area contributed by atoms with Gasteiger partial charge in [0, 0.05) is 41.3 Å². The molecule has 4 nitrogen and oxygen atoms in total. The van der Waals surface area contributed by atoms with Gasteiger partial charge < -0.3 is 0 Å². The van der Waals surface area contributed by atoms with Gasteiger partial charge in [-0.15, -0.1) is 11.3 Å². The highest BCUT2D eigenvalue weighted by atomic mass is 32.2. The van der Waals surface area contributed by atoms with Crippen molar-refractivity contribution in [2.75, 3.05) is 31.1 Å². The Kier molecular flexibility index (Phi) is 3.96. The lowest BCUT2D eigenvalue weighted by molar-refractivity contribution is 0.0446. The van der Waals surface area contributed by atoms with Gasteiger partial charge in [-0.05, 0) is 24.1 Å². The summed E-state index contributed by atoms with van der Waals surface area (Å²) in [5, 5.41) is 1.29. The van der Waals surface area contributed by atoms with Gasteiger partial charge in [-0.1, -0.05) is 25.1 Å². The average molecular weight is 351 g/mol. The highest BCUT2D eigenvalue weighted by Gasteiger charge is 2.45. The third-order valence-corrected chi connectivity index (χ3v) is 7.95. The molecule has 4 rings (SSSR count). The first kappa shape index (κ1) is 15.6. The molecule has 3 heterocycles. The van der Waals surface area contributed by atoms with Crippen LogP contribution in [0.15, 0.2) is 30.3 Å². The Labute approximate surface area is 141 Å². The normalized spacial score (nSPS) is 28.2. The van der Waals surface area contributed by atoms with Crippen molar-refractivity contribution in [1.29, 1.82) is 0 Å². The SMILES string of the molecule is CCN1CCN(Cc2cc3ccccc3s2)[C@@H]2CS(=O)(=O)C[C@@H]21. The van der Waals surface area contributed by atoms with Crippen LogP contribution in [0.5, 0.6) is 0 Å². The monoisotopic (exact) mass is 350 g/mol. The van der Waals surface area contributed by atoms with Crippen LogP contribution in [0.25, 0.3) is 10.1 Å². The van der Waals surface area contributed by atoms with Gasteiger partial charge in [-0.3, -0.25) is 9.80 Å². The predicted octanol–water partition coefficient (Wildman–Crippen LogP) is 2.20. The molecule has 2 fully saturated rings. The van der Waals surface area contributed by atoms with Crippen LogP contribution < -0.4 is 0 Å².